The smallest absolute Gasteiger partial charge is 0.240 e. The van der Waals surface area contributed by atoms with Gasteiger partial charge in [0.1, 0.15) is 18.5 Å². The molecule has 5 nitrogen and oxygen atoms in total. The van der Waals surface area contributed by atoms with E-state index in [0.29, 0.717) is 18.6 Å². The van der Waals surface area contributed by atoms with E-state index in [-0.39, 0.29) is 19.1 Å². The molecule has 2 rings (SSSR count). The summed E-state index contributed by atoms with van der Waals surface area (Å²) in [5, 5.41) is 12.4. The molecule has 6 heteroatoms. The summed E-state index contributed by atoms with van der Waals surface area (Å²) in [6.45, 7) is 0.292. The molecule has 0 bridgehead atoms. The number of aliphatic hydroxyl groups excluding tert-OH is 1. The summed E-state index contributed by atoms with van der Waals surface area (Å²) in [4.78, 5) is 11.6. The number of halogens is 1. The van der Waals surface area contributed by atoms with E-state index in [4.69, 9.17) is 10.5 Å². The molecule has 0 radical (unpaired) electrons. The Bertz CT molecular complexity index is 446. The molecule has 1 aromatic carbocycles. The SMILES string of the molecule is NC1(C(=O)NCC(O)COc2ccc(I)cc2)CC1. The van der Waals surface area contributed by atoms with Crippen LogP contribution >= 0.6 is 22.6 Å². The molecule has 0 heterocycles. The average Bonchev–Trinajstić information content (AvgIpc) is 3.14. The van der Waals surface area contributed by atoms with Gasteiger partial charge in [0.2, 0.25) is 5.91 Å². The van der Waals surface area contributed by atoms with E-state index in [9.17, 15) is 9.90 Å². The largest absolute Gasteiger partial charge is 0.491 e. The Morgan fingerprint density at radius 3 is 2.68 bits per heavy atom. The van der Waals surface area contributed by atoms with Gasteiger partial charge < -0.3 is 20.9 Å². The number of hydrogen-bond donors (Lipinski definition) is 3. The molecule has 1 saturated carbocycles. The van der Waals surface area contributed by atoms with Crippen LogP contribution in [0.5, 0.6) is 5.75 Å². The molecule has 0 aromatic heterocycles. The Kier molecular flexibility index (Phi) is 4.64. The van der Waals surface area contributed by atoms with Crippen molar-refractivity contribution in [1.82, 2.24) is 5.32 Å². The number of nitrogens with two attached hydrogens (primary N) is 1. The Morgan fingerprint density at radius 2 is 2.11 bits per heavy atom. The number of carbonyl (C=O) groups is 1. The summed E-state index contributed by atoms with van der Waals surface area (Å²) in [7, 11) is 0. The van der Waals surface area contributed by atoms with Crippen LogP contribution in [0.4, 0.5) is 0 Å². The van der Waals surface area contributed by atoms with Crippen molar-refractivity contribution in [2.75, 3.05) is 13.2 Å². The van der Waals surface area contributed by atoms with Crippen LogP contribution in [0.2, 0.25) is 0 Å². The molecule has 1 aromatic rings. The number of rotatable bonds is 6. The third-order valence-corrected chi connectivity index (χ3v) is 3.71. The van der Waals surface area contributed by atoms with Crippen molar-refractivity contribution in [2.45, 2.75) is 24.5 Å². The van der Waals surface area contributed by atoms with Crippen LogP contribution < -0.4 is 15.8 Å². The lowest BCUT2D eigenvalue weighted by Gasteiger charge is -2.15. The van der Waals surface area contributed by atoms with E-state index in [2.05, 4.69) is 27.9 Å². The van der Waals surface area contributed by atoms with Crippen molar-refractivity contribution in [1.29, 1.82) is 0 Å². The minimum absolute atomic E-state index is 0.137. The van der Waals surface area contributed by atoms with Crippen molar-refractivity contribution >= 4 is 28.5 Å². The number of benzene rings is 1. The van der Waals surface area contributed by atoms with Gasteiger partial charge >= 0.3 is 0 Å². The van der Waals surface area contributed by atoms with Gasteiger partial charge in [0.05, 0.1) is 5.54 Å². The first-order valence-electron chi connectivity index (χ1n) is 6.13. The monoisotopic (exact) mass is 376 g/mol. The maximum absolute atomic E-state index is 11.6. The van der Waals surface area contributed by atoms with Gasteiger partial charge in [-0.1, -0.05) is 0 Å². The van der Waals surface area contributed by atoms with E-state index in [0.717, 1.165) is 3.57 Å². The number of carbonyl (C=O) groups excluding carboxylic acids is 1. The van der Waals surface area contributed by atoms with Crippen molar-refractivity contribution in [3.8, 4) is 5.75 Å². The number of hydrogen-bond acceptors (Lipinski definition) is 4. The van der Waals surface area contributed by atoms with Crippen LogP contribution in [0.3, 0.4) is 0 Å². The molecule has 0 spiro atoms. The lowest BCUT2D eigenvalue weighted by molar-refractivity contribution is -0.123. The number of amides is 1. The highest BCUT2D eigenvalue weighted by molar-refractivity contribution is 14.1. The minimum Gasteiger partial charge on any atom is -0.491 e. The van der Waals surface area contributed by atoms with Gasteiger partial charge in [0.25, 0.3) is 0 Å². The molecule has 104 valence electrons. The first-order chi connectivity index (χ1) is 8.99. The topological polar surface area (TPSA) is 84.6 Å². The Morgan fingerprint density at radius 1 is 1.47 bits per heavy atom. The molecule has 0 saturated heterocycles. The zero-order valence-electron chi connectivity index (χ0n) is 10.4. The van der Waals surface area contributed by atoms with Crippen LogP contribution in [0.25, 0.3) is 0 Å². The van der Waals surface area contributed by atoms with Crippen LogP contribution in [-0.2, 0) is 4.79 Å². The molecule has 1 aliphatic carbocycles. The van der Waals surface area contributed by atoms with Gasteiger partial charge in [0, 0.05) is 10.1 Å². The Balaban J connectivity index is 1.68. The van der Waals surface area contributed by atoms with E-state index in [1.807, 2.05) is 24.3 Å². The predicted octanol–water partition coefficient (Wildman–Crippen LogP) is 0.638. The molecule has 1 unspecified atom stereocenters. The highest BCUT2D eigenvalue weighted by Crippen LogP contribution is 2.31. The summed E-state index contributed by atoms with van der Waals surface area (Å²) in [5.41, 5.74) is 5.03. The van der Waals surface area contributed by atoms with E-state index >= 15 is 0 Å². The first-order valence-corrected chi connectivity index (χ1v) is 7.21. The van der Waals surface area contributed by atoms with Crippen LogP contribution in [-0.4, -0.2) is 35.8 Å². The van der Waals surface area contributed by atoms with Crippen LogP contribution in [0.15, 0.2) is 24.3 Å². The molecule has 19 heavy (non-hydrogen) atoms. The molecule has 0 aliphatic heterocycles. The molecule has 1 atom stereocenters. The molecule has 1 fully saturated rings. The summed E-state index contributed by atoms with van der Waals surface area (Å²) < 4.78 is 6.54. The lowest BCUT2D eigenvalue weighted by atomic mass is 10.2. The molecular formula is C13H17IN2O3. The van der Waals surface area contributed by atoms with Gasteiger partial charge in [-0.25, -0.2) is 0 Å². The maximum atomic E-state index is 11.6. The minimum atomic E-state index is -0.745. The zero-order valence-corrected chi connectivity index (χ0v) is 12.6. The van der Waals surface area contributed by atoms with E-state index in [1.54, 1.807) is 0 Å². The number of aliphatic hydroxyl groups is 1. The van der Waals surface area contributed by atoms with Crippen molar-refractivity contribution in [3.05, 3.63) is 27.8 Å². The fourth-order valence-corrected chi connectivity index (χ4v) is 1.89. The average molecular weight is 376 g/mol. The van der Waals surface area contributed by atoms with E-state index in [1.165, 1.54) is 0 Å². The molecule has 1 aliphatic rings. The van der Waals surface area contributed by atoms with E-state index < -0.39 is 11.6 Å². The third-order valence-electron chi connectivity index (χ3n) is 3.00. The standard InChI is InChI=1S/C13H17IN2O3/c14-9-1-3-11(4-2-9)19-8-10(17)7-16-12(18)13(15)5-6-13/h1-4,10,17H,5-8,15H2,(H,16,18). The van der Waals surface area contributed by atoms with Crippen molar-refractivity contribution in [2.24, 2.45) is 5.73 Å². The van der Waals surface area contributed by atoms with Gasteiger partial charge in [-0.05, 0) is 59.7 Å². The third kappa shape index (κ3) is 4.32. The second kappa shape index (κ2) is 6.06. The highest BCUT2D eigenvalue weighted by atomic mass is 127. The van der Waals surface area contributed by atoms with Gasteiger partial charge in [0.15, 0.2) is 0 Å². The normalized spacial score (nSPS) is 17.6. The summed E-state index contributed by atoms with van der Waals surface area (Å²) in [6, 6.07) is 7.53. The Labute approximate surface area is 125 Å². The number of ether oxygens (including phenoxy) is 1. The van der Waals surface area contributed by atoms with Crippen molar-refractivity contribution < 1.29 is 14.6 Å². The van der Waals surface area contributed by atoms with Gasteiger partial charge in [-0.15, -0.1) is 0 Å². The second-order valence-electron chi connectivity index (χ2n) is 4.78. The predicted molar refractivity (Wildman–Crippen MR) is 79.8 cm³/mol. The molecule has 1 amide bonds. The summed E-state index contributed by atoms with van der Waals surface area (Å²) in [6.07, 6.45) is 0.688. The zero-order chi connectivity index (χ0) is 13.9. The molecule has 4 N–H and O–H groups in total. The fourth-order valence-electron chi connectivity index (χ4n) is 1.53. The first kappa shape index (κ1) is 14.5. The van der Waals surface area contributed by atoms with Crippen LogP contribution in [0.1, 0.15) is 12.8 Å². The van der Waals surface area contributed by atoms with Gasteiger partial charge in [-0.3, -0.25) is 4.79 Å². The molecular weight excluding hydrogens is 359 g/mol. The highest BCUT2D eigenvalue weighted by Gasteiger charge is 2.45. The number of nitrogens with one attached hydrogen (secondary N) is 1. The van der Waals surface area contributed by atoms with Crippen molar-refractivity contribution in [3.63, 3.8) is 0 Å². The lowest BCUT2D eigenvalue weighted by Crippen LogP contribution is -2.46. The Hall–Kier alpha value is -0.860. The van der Waals surface area contributed by atoms with Crippen LogP contribution in [0, 0.1) is 3.57 Å². The fraction of sp³-hybridized carbons (Fsp3) is 0.462. The maximum Gasteiger partial charge on any atom is 0.240 e. The second-order valence-corrected chi connectivity index (χ2v) is 6.03. The summed E-state index contributed by atoms with van der Waals surface area (Å²) in [5.74, 6) is 0.504. The van der Waals surface area contributed by atoms with Gasteiger partial charge in [-0.2, -0.15) is 0 Å². The quantitative estimate of drug-likeness (QED) is 0.637. The summed E-state index contributed by atoms with van der Waals surface area (Å²) >= 11 is 2.21.